The summed E-state index contributed by atoms with van der Waals surface area (Å²) in [6, 6.07) is 15.7. The molecule has 1 atom stereocenters. The molecule has 1 saturated heterocycles. The van der Waals surface area contributed by atoms with E-state index in [0.717, 1.165) is 30.9 Å². The largest absolute Gasteiger partial charge is 0.362 e. The van der Waals surface area contributed by atoms with Crippen LogP contribution in [0, 0.1) is 12.7 Å². The highest BCUT2D eigenvalue weighted by Gasteiger charge is 2.25. The Morgan fingerprint density at radius 2 is 1.95 bits per heavy atom. The van der Waals surface area contributed by atoms with Gasteiger partial charge >= 0.3 is 0 Å². The third-order valence-corrected chi connectivity index (χ3v) is 3.91. The van der Waals surface area contributed by atoms with Crippen LogP contribution in [0.4, 0.5) is 10.1 Å². The maximum atomic E-state index is 13.6. The van der Waals surface area contributed by atoms with Crippen LogP contribution in [0.1, 0.15) is 17.2 Å². The summed E-state index contributed by atoms with van der Waals surface area (Å²) < 4.78 is 13.6. The molecule has 1 N–H and O–H groups in total. The van der Waals surface area contributed by atoms with Gasteiger partial charge in [-0.1, -0.05) is 36.4 Å². The van der Waals surface area contributed by atoms with Crippen molar-refractivity contribution < 1.29 is 4.39 Å². The Morgan fingerprint density at radius 1 is 1.15 bits per heavy atom. The van der Waals surface area contributed by atoms with Gasteiger partial charge in [0.25, 0.3) is 0 Å². The summed E-state index contributed by atoms with van der Waals surface area (Å²) in [5.74, 6) is -0.170. The van der Waals surface area contributed by atoms with Crippen molar-refractivity contribution in [2.75, 3.05) is 24.5 Å². The average Bonchev–Trinajstić information content (AvgIpc) is 2.51. The predicted octanol–water partition coefficient (Wildman–Crippen LogP) is 3.29. The molecule has 0 amide bonds. The van der Waals surface area contributed by atoms with Crippen LogP contribution >= 0.6 is 0 Å². The summed E-state index contributed by atoms with van der Waals surface area (Å²) in [6.45, 7) is 4.75. The number of rotatable bonds is 2. The Hall–Kier alpha value is -1.87. The average molecular weight is 270 g/mol. The van der Waals surface area contributed by atoms with Gasteiger partial charge in [-0.15, -0.1) is 0 Å². The topological polar surface area (TPSA) is 15.3 Å². The van der Waals surface area contributed by atoms with Gasteiger partial charge in [0, 0.05) is 25.3 Å². The lowest BCUT2D eigenvalue weighted by Crippen LogP contribution is -2.46. The summed E-state index contributed by atoms with van der Waals surface area (Å²) in [6.07, 6.45) is 0. The molecular weight excluding hydrogens is 251 g/mol. The molecule has 0 aliphatic carbocycles. The van der Waals surface area contributed by atoms with Crippen molar-refractivity contribution in [2.45, 2.75) is 13.0 Å². The van der Waals surface area contributed by atoms with Crippen LogP contribution in [0.5, 0.6) is 0 Å². The number of benzene rings is 2. The van der Waals surface area contributed by atoms with E-state index in [1.165, 1.54) is 11.6 Å². The molecule has 2 nitrogen and oxygen atoms in total. The number of aryl methyl sites for hydroxylation is 1. The first kappa shape index (κ1) is 13.1. The van der Waals surface area contributed by atoms with Crippen molar-refractivity contribution in [1.29, 1.82) is 0 Å². The highest BCUT2D eigenvalue weighted by Crippen LogP contribution is 2.31. The van der Waals surface area contributed by atoms with Crippen molar-refractivity contribution in [1.82, 2.24) is 5.32 Å². The minimum Gasteiger partial charge on any atom is -0.362 e. The van der Waals surface area contributed by atoms with Crippen LogP contribution in [0.3, 0.4) is 0 Å². The summed E-state index contributed by atoms with van der Waals surface area (Å²) in [7, 11) is 0. The number of hydrogen-bond donors (Lipinski definition) is 1. The van der Waals surface area contributed by atoms with Crippen molar-refractivity contribution in [2.24, 2.45) is 0 Å². The van der Waals surface area contributed by atoms with Crippen molar-refractivity contribution >= 4 is 5.69 Å². The standard InChI is InChI=1S/C17H19FN2/c1-13-7-8-15(18)11-16(13)20-10-9-19-12-17(20)14-5-3-2-4-6-14/h2-8,11,17,19H,9-10,12H2,1H3. The fourth-order valence-electron chi connectivity index (χ4n) is 2.86. The monoisotopic (exact) mass is 270 g/mol. The fourth-order valence-corrected chi connectivity index (χ4v) is 2.86. The van der Waals surface area contributed by atoms with E-state index < -0.39 is 0 Å². The van der Waals surface area contributed by atoms with Crippen molar-refractivity contribution in [3.8, 4) is 0 Å². The van der Waals surface area contributed by atoms with E-state index in [9.17, 15) is 4.39 Å². The van der Waals surface area contributed by atoms with E-state index in [-0.39, 0.29) is 11.9 Å². The number of halogens is 1. The van der Waals surface area contributed by atoms with Gasteiger partial charge in [0.1, 0.15) is 5.82 Å². The van der Waals surface area contributed by atoms with E-state index in [1.54, 1.807) is 6.07 Å². The molecule has 3 rings (SSSR count). The van der Waals surface area contributed by atoms with E-state index >= 15 is 0 Å². The van der Waals surface area contributed by atoms with Gasteiger partial charge in [-0.2, -0.15) is 0 Å². The summed E-state index contributed by atoms with van der Waals surface area (Å²) in [4.78, 5) is 2.31. The van der Waals surface area contributed by atoms with Gasteiger partial charge in [-0.3, -0.25) is 0 Å². The second kappa shape index (κ2) is 5.63. The second-order valence-electron chi connectivity index (χ2n) is 5.25. The number of nitrogens with one attached hydrogen (secondary N) is 1. The SMILES string of the molecule is Cc1ccc(F)cc1N1CCNCC1c1ccccc1. The molecule has 0 radical (unpaired) electrons. The normalized spacial score (nSPS) is 19.1. The Morgan fingerprint density at radius 3 is 2.75 bits per heavy atom. The van der Waals surface area contributed by atoms with E-state index in [0.29, 0.717) is 0 Å². The lowest BCUT2D eigenvalue weighted by Gasteiger charge is -2.39. The molecule has 0 aromatic heterocycles. The highest BCUT2D eigenvalue weighted by molar-refractivity contribution is 5.55. The molecular formula is C17H19FN2. The number of piperazine rings is 1. The van der Waals surface area contributed by atoms with Crippen molar-refractivity contribution in [3.63, 3.8) is 0 Å². The van der Waals surface area contributed by atoms with Gasteiger partial charge in [-0.05, 0) is 30.2 Å². The van der Waals surface area contributed by atoms with Gasteiger partial charge in [0.15, 0.2) is 0 Å². The van der Waals surface area contributed by atoms with Gasteiger partial charge < -0.3 is 10.2 Å². The summed E-state index contributed by atoms with van der Waals surface area (Å²) in [5.41, 5.74) is 3.39. The van der Waals surface area contributed by atoms with Gasteiger partial charge in [-0.25, -0.2) is 4.39 Å². The van der Waals surface area contributed by atoms with Crippen LogP contribution < -0.4 is 10.2 Å². The molecule has 104 valence electrons. The molecule has 1 heterocycles. The minimum atomic E-state index is -0.170. The Kier molecular flexibility index (Phi) is 3.70. The van der Waals surface area contributed by atoms with Crippen molar-refractivity contribution in [3.05, 3.63) is 65.5 Å². The number of anilines is 1. The van der Waals surface area contributed by atoms with Crippen LogP contribution in [-0.4, -0.2) is 19.6 Å². The van der Waals surface area contributed by atoms with E-state index in [4.69, 9.17) is 0 Å². The third kappa shape index (κ3) is 2.54. The molecule has 1 unspecified atom stereocenters. The van der Waals surface area contributed by atoms with Crippen LogP contribution in [0.2, 0.25) is 0 Å². The van der Waals surface area contributed by atoms with Gasteiger partial charge in [0.05, 0.1) is 6.04 Å². The summed E-state index contributed by atoms with van der Waals surface area (Å²) in [5, 5.41) is 3.43. The van der Waals surface area contributed by atoms with Crippen LogP contribution in [-0.2, 0) is 0 Å². The smallest absolute Gasteiger partial charge is 0.125 e. The zero-order chi connectivity index (χ0) is 13.9. The molecule has 1 aliphatic heterocycles. The Bertz CT molecular complexity index is 583. The molecule has 0 spiro atoms. The molecule has 2 aromatic carbocycles. The summed E-state index contributed by atoms with van der Waals surface area (Å²) >= 11 is 0. The molecule has 1 aliphatic rings. The zero-order valence-corrected chi connectivity index (χ0v) is 11.6. The number of nitrogens with zero attached hydrogens (tertiary/aromatic N) is 1. The maximum absolute atomic E-state index is 13.6. The first-order valence-corrected chi connectivity index (χ1v) is 7.04. The zero-order valence-electron chi connectivity index (χ0n) is 11.6. The molecule has 0 bridgehead atoms. The Labute approximate surface area is 119 Å². The molecule has 1 fully saturated rings. The Balaban J connectivity index is 1.99. The lowest BCUT2D eigenvalue weighted by atomic mass is 10.0. The predicted molar refractivity (Wildman–Crippen MR) is 80.5 cm³/mol. The maximum Gasteiger partial charge on any atom is 0.125 e. The quantitative estimate of drug-likeness (QED) is 0.901. The van der Waals surface area contributed by atoms with E-state index in [1.807, 2.05) is 19.1 Å². The molecule has 0 saturated carbocycles. The second-order valence-corrected chi connectivity index (χ2v) is 5.25. The van der Waals surface area contributed by atoms with Gasteiger partial charge in [0.2, 0.25) is 0 Å². The lowest BCUT2D eigenvalue weighted by molar-refractivity contribution is 0.488. The third-order valence-electron chi connectivity index (χ3n) is 3.91. The molecule has 20 heavy (non-hydrogen) atoms. The number of hydrogen-bond acceptors (Lipinski definition) is 2. The van der Waals surface area contributed by atoms with E-state index in [2.05, 4.69) is 34.5 Å². The molecule has 3 heteroatoms. The fraction of sp³-hybridized carbons (Fsp3) is 0.294. The molecule has 2 aromatic rings. The minimum absolute atomic E-state index is 0.170. The highest BCUT2D eigenvalue weighted by atomic mass is 19.1. The van der Waals surface area contributed by atoms with Crippen LogP contribution in [0.25, 0.3) is 0 Å². The first-order valence-electron chi connectivity index (χ1n) is 7.04. The first-order chi connectivity index (χ1) is 9.75. The van der Waals surface area contributed by atoms with Crippen LogP contribution in [0.15, 0.2) is 48.5 Å².